The number of sulfonamides is 1. The molecule has 1 aromatic heterocycles. The van der Waals surface area contributed by atoms with Gasteiger partial charge in [0.15, 0.2) is 0 Å². The van der Waals surface area contributed by atoms with Gasteiger partial charge in [-0.05, 0) is 36.8 Å². The zero-order valence-corrected chi connectivity index (χ0v) is 11.4. The molecule has 0 aliphatic rings. The number of hydrogen-bond acceptors (Lipinski definition) is 4. The molecule has 2 rings (SSSR count). The molecule has 19 heavy (non-hydrogen) atoms. The average molecular weight is 280 g/mol. The standard InChI is InChI=1S/C13H16N2O3S/c1-10(13-6-3-7-18-13)15-9-11-4-2-5-12(8-11)19(14,16)17/h2-8,10,15H,9H2,1H3,(H2,14,16,17). The largest absolute Gasteiger partial charge is 0.468 e. The summed E-state index contributed by atoms with van der Waals surface area (Å²) >= 11 is 0. The summed E-state index contributed by atoms with van der Waals surface area (Å²) in [6.07, 6.45) is 1.62. The third kappa shape index (κ3) is 3.66. The van der Waals surface area contributed by atoms with Crippen LogP contribution in [-0.2, 0) is 16.6 Å². The summed E-state index contributed by atoms with van der Waals surface area (Å²) in [5.74, 6) is 0.836. The Morgan fingerprint density at radius 2 is 2.11 bits per heavy atom. The van der Waals surface area contributed by atoms with Crippen molar-refractivity contribution in [2.24, 2.45) is 5.14 Å². The lowest BCUT2D eigenvalue weighted by Crippen LogP contribution is -2.18. The van der Waals surface area contributed by atoms with E-state index in [1.807, 2.05) is 25.1 Å². The highest BCUT2D eigenvalue weighted by molar-refractivity contribution is 7.89. The Labute approximate surface area is 112 Å². The summed E-state index contributed by atoms with van der Waals surface area (Å²) in [5.41, 5.74) is 0.852. The van der Waals surface area contributed by atoms with Gasteiger partial charge >= 0.3 is 0 Å². The molecule has 1 aromatic carbocycles. The highest BCUT2D eigenvalue weighted by Gasteiger charge is 2.10. The predicted octanol–water partition coefficient (Wildman–Crippen LogP) is 1.78. The Hall–Kier alpha value is -1.63. The van der Waals surface area contributed by atoms with Crippen LogP contribution in [0.25, 0.3) is 0 Å². The second kappa shape index (κ2) is 5.56. The van der Waals surface area contributed by atoms with Gasteiger partial charge in [-0.15, -0.1) is 0 Å². The first-order chi connectivity index (χ1) is 8.97. The second-order valence-electron chi connectivity index (χ2n) is 4.31. The Kier molecular flexibility index (Phi) is 4.04. The monoisotopic (exact) mass is 280 g/mol. The van der Waals surface area contributed by atoms with E-state index in [4.69, 9.17) is 9.56 Å². The minimum Gasteiger partial charge on any atom is -0.468 e. The van der Waals surface area contributed by atoms with Crippen molar-refractivity contribution in [3.8, 4) is 0 Å². The quantitative estimate of drug-likeness (QED) is 0.874. The van der Waals surface area contributed by atoms with Gasteiger partial charge in [0.25, 0.3) is 0 Å². The number of benzene rings is 1. The molecule has 102 valence electrons. The average Bonchev–Trinajstić information content (AvgIpc) is 2.89. The molecule has 0 amide bonds. The van der Waals surface area contributed by atoms with Gasteiger partial charge in [-0.3, -0.25) is 0 Å². The first kappa shape index (κ1) is 13.8. The third-order valence-electron chi connectivity index (χ3n) is 2.81. The zero-order valence-electron chi connectivity index (χ0n) is 10.5. The summed E-state index contributed by atoms with van der Waals surface area (Å²) < 4.78 is 27.8. The fourth-order valence-corrected chi connectivity index (χ4v) is 2.33. The Morgan fingerprint density at radius 3 is 2.74 bits per heavy atom. The molecule has 5 nitrogen and oxygen atoms in total. The van der Waals surface area contributed by atoms with Gasteiger partial charge in [-0.1, -0.05) is 12.1 Å². The van der Waals surface area contributed by atoms with E-state index >= 15 is 0 Å². The first-order valence-corrected chi connectivity index (χ1v) is 7.40. The van der Waals surface area contributed by atoms with Crippen molar-refractivity contribution < 1.29 is 12.8 Å². The molecule has 0 saturated heterocycles. The van der Waals surface area contributed by atoms with Crippen molar-refractivity contribution in [1.29, 1.82) is 0 Å². The third-order valence-corrected chi connectivity index (χ3v) is 3.72. The van der Waals surface area contributed by atoms with Gasteiger partial charge in [-0.2, -0.15) is 0 Å². The molecule has 0 aliphatic heterocycles. The minimum absolute atomic E-state index is 0.0492. The fraction of sp³-hybridized carbons (Fsp3) is 0.231. The lowest BCUT2D eigenvalue weighted by Gasteiger charge is -2.11. The molecule has 1 unspecified atom stereocenters. The van der Waals surface area contributed by atoms with Gasteiger partial charge in [0, 0.05) is 6.54 Å². The topological polar surface area (TPSA) is 85.3 Å². The minimum atomic E-state index is -3.65. The van der Waals surface area contributed by atoms with Crippen LogP contribution in [0.2, 0.25) is 0 Å². The number of nitrogens with two attached hydrogens (primary N) is 1. The second-order valence-corrected chi connectivity index (χ2v) is 5.87. The SMILES string of the molecule is CC(NCc1cccc(S(N)(=O)=O)c1)c1ccco1. The van der Waals surface area contributed by atoms with E-state index in [0.717, 1.165) is 11.3 Å². The van der Waals surface area contributed by atoms with Crippen LogP contribution in [0, 0.1) is 0 Å². The molecular weight excluding hydrogens is 264 g/mol. The van der Waals surface area contributed by atoms with Crippen LogP contribution in [0.15, 0.2) is 52.0 Å². The molecule has 1 atom stereocenters. The lowest BCUT2D eigenvalue weighted by molar-refractivity contribution is 0.430. The zero-order chi connectivity index (χ0) is 13.9. The maximum absolute atomic E-state index is 11.3. The number of nitrogens with one attached hydrogen (secondary N) is 1. The molecular formula is C13H16N2O3S. The highest BCUT2D eigenvalue weighted by Crippen LogP contribution is 2.14. The van der Waals surface area contributed by atoms with E-state index in [1.54, 1.807) is 18.4 Å². The van der Waals surface area contributed by atoms with E-state index in [0.29, 0.717) is 6.54 Å². The van der Waals surface area contributed by atoms with Crippen molar-refractivity contribution in [2.75, 3.05) is 0 Å². The van der Waals surface area contributed by atoms with Crippen LogP contribution in [0.1, 0.15) is 24.3 Å². The molecule has 0 bridgehead atoms. The summed E-state index contributed by atoms with van der Waals surface area (Å²) in [5, 5.41) is 8.35. The maximum atomic E-state index is 11.3. The van der Waals surface area contributed by atoms with Gasteiger partial charge in [0.05, 0.1) is 17.2 Å². The molecule has 0 saturated carbocycles. The van der Waals surface area contributed by atoms with Crippen LogP contribution in [-0.4, -0.2) is 8.42 Å². The molecule has 0 radical (unpaired) electrons. The van der Waals surface area contributed by atoms with E-state index in [2.05, 4.69) is 5.32 Å². The molecule has 0 spiro atoms. The lowest BCUT2D eigenvalue weighted by atomic mass is 10.2. The van der Waals surface area contributed by atoms with Crippen molar-refractivity contribution in [1.82, 2.24) is 5.32 Å². The molecule has 2 aromatic rings. The fourth-order valence-electron chi connectivity index (χ4n) is 1.74. The van der Waals surface area contributed by atoms with Crippen LogP contribution in [0.5, 0.6) is 0 Å². The van der Waals surface area contributed by atoms with Gasteiger partial charge in [0.1, 0.15) is 5.76 Å². The summed E-state index contributed by atoms with van der Waals surface area (Å²) in [6, 6.07) is 10.3. The van der Waals surface area contributed by atoms with E-state index < -0.39 is 10.0 Å². The van der Waals surface area contributed by atoms with E-state index in [-0.39, 0.29) is 10.9 Å². The smallest absolute Gasteiger partial charge is 0.238 e. The van der Waals surface area contributed by atoms with Crippen LogP contribution < -0.4 is 10.5 Å². The van der Waals surface area contributed by atoms with Crippen molar-refractivity contribution in [3.63, 3.8) is 0 Å². The van der Waals surface area contributed by atoms with E-state index in [1.165, 1.54) is 6.07 Å². The van der Waals surface area contributed by atoms with Gasteiger partial charge < -0.3 is 9.73 Å². The summed E-state index contributed by atoms with van der Waals surface area (Å²) in [6.45, 7) is 2.51. The summed E-state index contributed by atoms with van der Waals surface area (Å²) in [7, 11) is -3.65. The van der Waals surface area contributed by atoms with Crippen molar-refractivity contribution >= 4 is 10.0 Å². The Bertz CT molecular complexity index is 636. The van der Waals surface area contributed by atoms with Crippen LogP contribution in [0.4, 0.5) is 0 Å². The Balaban J connectivity index is 2.04. The summed E-state index contributed by atoms with van der Waals surface area (Å²) in [4.78, 5) is 0.123. The van der Waals surface area contributed by atoms with Gasteiger partial charge in [-0.25, -0.2) is 13.6 Å². The first-order valence-electron chi connectivity index (χ1n) is 5.85. The Morgan fingerprint density at radius 1 is 1.32 bits per heavy atom. The number of rotatable bonds is 5. The maximum Gasteiger partial charge on any atom is 0.238 e. The molecule has 0 fully saturated rings. The van der Waals surface area contributed by atoms with Crippen molar-refractivity contribution in [2.45, 2.75) is 24.4 Å². The van der Waals surface area contributed by atoms with Crippen LogP contribution in [0.3, 0.4) is 0 Å². The molecule has 3 N–H and O–H groups in total. The number of hydrogen-bond donors (Lipinski definition) is 2. The molecule has 1 heterocycles. The van der Waals surface area contributed by atoms with Crippen LogP contribution >= 0.6 is 0 Å². The molecule has 0 aliphatic carbocycles. The number of furan rings is 1. The predicted molar refractivity (Wildman–Crippen MR) is 71.8 cm³/mol. The highest BCUT2D eigenvalue weighted by atomic mass is 32.2. The van der Waals surface area contributed by atoms with E-state index in [9.17, 15) is 8.42 Å². The van der Waals surface area contributed by atoms with Crippen molar-refractivity contribution in [3.05, 3.63) is 54.0 Å². The molecule has 6 heteroatoms. The van der Waals surface area contributed by atoms with Gasteiger partial charge in [0.2, 0.25) is 10.0 Å². The normalized spacial score (nSPS) is 13.4. The number of primary sulfonamides is 1.